The first-order valence-electron chi connectivity index (χ1n) is 12.9. The number of hydrogen-bond donors (Lipinski definition) is 2. The Morgan fingerprint density at radius 1 is 0.762 bits per heavy atom. The van der Waals surface area contributed by atoms with E-state index in [0.29, 0.717) is 16.9 Å². The Morgan fingerprint density at radius 3 is 2.10 bits per heavy atom. The molecule has 0 fully saturated rings. The van der Waals surface area contributed by atoms with E-state index in [1.165, 1.54) is 0 Å². The highest BCUT2D eigenvalue weighted by Crippen LogP contribution is 2.23. The lowest BCUT2D eigenvalue weighted by Crippen LogP contribution is -2.25. The minimum Gasteiger partial charge on any atom is -0.858 e. The maximum Gasteiger partial charge on any atom is 0.170 e. The molecule has 4 aromatic carbocycles. The summed E-state index contributed by atoms with van der Waals surface area (Å²) in [5, 5.41) is 19.1. The molecule has 0 spiro atoms. The fraction of sp³-hybridized carbons (Fsp3) is 0.0606. The standard InChI is InChI=1S/C33H28N6O.2ClH/c1-38-19-17-27(18-20-38)35-24-10-7-22(8-11-24)33(40)37-26-14-12-25(13-15-26)36-32-28-5-3-4-6-30(28)39(2)31-21-23(34)9-16-29(31)32;;/h3-21H,1-2H3,(H3,34,36,37,40);2*1H. The van der Waals surface area contributed by atoms with Crippen molar-refractivity contribution < 1.29 is 9.67 Å². The van der Waals surface area contributed by atoms with Crippen LogP contribution in [-0.4, -0.2) is 10.5 Å². The summed E-state index contributed by atoms with van der Waals surface area (Å²) in [6.07, 6.45) is 3.94. The Kier molecular flexibility index (Phi) is 9.15. The minimum absolute atomic E-state index is 0. The Balaban J connectivity index is 0.00000202. The van der Waals surface area contributed by atoms with Crippen molar-refractivity contribution in [3.05, 3.63) is 126 Å². The number of aromatic nitrogens is 2. The summed E-state index contributed by atoms with van der Waals surface area (Å²) in [5.41, 5.74) is 12.6. The van der Waals surface area contributed by atoms with E-state index in [0.717, 1.165) is 44.2 Å². The van der Waals surface area contributed by atoms with Crippen molar-refractivity contribution in [3.8, 4) is 0 Å². The summed E-state index contributed by atoms with van der Waals surface area (Å²) >= 11 is 0. The maximum atomic E-state index is 12.8. The van der Waals surface area contributed by atoms with E-state index in [4.69, 9.17) is 10.7 Å². The highest BCUT2D eigenvalue weighted by atomic mass is 35.5. The predicted molar refractivity (Wildman–Crippen MR) is 175 cm³/mol. The molecule has 0 amide bonds. The van der Waals surface area contributed by atoms with Gasteiger partial charge in [-0.05, 0) is 72.1 Å². The van der Waals surface area contributed by atoms with Gasteiger partial charge in [0.15, 0.2) is 12.4 Å². The molecule has 7 nitrogen and oxygen atoms in total. The van der Waals surface area contributed by atoms with Crippen LogP contribution in [0.1, 0.15) is 5.56 Å². The van der Waals surface area contributed by atoms with Gasteiger partial charge < -0.3 is 20.7 Å². The van der Waals surface area contributed by atoms with Gasteiger partial charge in [0.05, 0.1) is 33.5 Å². The van der Waals surface area contributed by atoms with E-state index in [1.807, 2.05) is 110 Å². The molecule has 0 aliphatic carbocycles. The quantitative estimate of drug-likeness (QED) is 0.0840. The van der Waals surface area contributed by atoms with Crippen LogP contribution in [0.15, 0.2) is 126 Å². The van der Waals surface area contributed by atoms with Gasteiger partial charge >= 0.3 is 0 Å². The van der Waals surface area contributed by atoms with Crippen LogP contribution in [0, 0.1) is 0 Å². The van der Waals surface area contributed by atoms with Crippen molar-refractivity contribution in [2.75, 3.05) is 11.1 Å². The number of anilines is 3. The highest BCUT2D eigenvalue weighted by Gasteiger charge is 2.08. The molecule has 212 valence electrons. The molecule has 3 N–H and O–H groups in total. The Bertz CT molecular complexity index is 1950. The van der Waals surface area contributed by atoms with E-state index < -0.39 is 0 Å². The second-order valence-electron chi connectivity index (χ2n) is 9.70. The van der Waals surface area contributed by atoms with E-state index in [1.54, 1.807) is 12.1 Å². The molecule has 0 bridgehead atoms. The number of rotatable bonds is 5. The SMILES string of the molecule is Cl.Cl.Cn1c2ccccc2c(=Nc2ccc(N=C([O-])c3ccc(Nc4cc[n+](C)cc4)cc3)cc2)c2ccc(N)cc21. The van der Waals surface area contributed by atoms with E-state index >= 15 is 0 Å². The fourth-order valence-electron chi connectivity index (χ4n) is 4.75. The topological polar surface area (TPSA) is 94.6 Å². The molecule has 0 atom stereocenters. The zero-order chi connectivity index (χ0) is 27.6. The van der Waals surface area contributed by atoms with Crippen LogP contribution in [0.5, 0.6) is 0 Å². The number of halogens is 2. The monoisotopic (exact) mass is 596 g/mol. The lowest BCUT2D eigenvalue weighted by molar-refractivity contribution is -0.671. The summed E-state index contributed by atoms with van der Waals surface area (Å²) in [6.45, 7) is 0. The number of benzene rings is 4. The number of aryl methyl sites for hydroxylation is 2. The number of nitrogen functional groups attached to an aromatic ring is 1. The van der Waals surface area contributed by atoms with Crippen molar-refractivity contribution >= 4 is 81.0 Å². The molecule has 0 saturated heterocycles. The van der Waals surface area contributed by atoms with Gasteiger partial charge in [0.2, 0.25) is 0 Å². The number of pyridine rings is 2. The molecule has 9 heteroatoms. The van der Waals surface area contributed by atoms with Crippen LogP contribution >= 0.6 is 24.8 Å². The molecule has 42 heavy (non-hydrogen) atoms. The average molecular weight is 598 g/mol. The number of aliphatic imine (C=N–C) groups is 1. The molecule has 6 rings (SSSR count). The second kappa shape index (κ2) is 12.8. The van der Waals surface area contributed by atoms with Crippen LogP contribution in [0.3, 0.4) is 0 Å². The van der Waals surface area contributed by atoms with Crippen molar-refractivity contribution in [2.24, 2.45) is 24.1 Å². The molecule has 2 heterocycles. The molecule has 0 aliphatic rings. The maximum absolute atomic E-state index is 12.8. The number of para-hydroxylation sites is 1. The smallest absolute Gasteiger partial charge is 0.170 e. The van der Waals surface area contributed by atoms with Crippen LogP contribution < -0.4 is 26.1 Å². The van der Waals surface area contributed by atoms with Crippen molar-refractivity contribution in [1.82, 2.24) is 4.57 Å². The van der Waals surface area contributed by atoms with Crippen molar-refractivity contribution in [1.29, 1.82) is 0 Å². The molecule has 0 saturated carbocycles. The zero-order valence-electron chi connectivity index (χ0n) is 23.1. The second-order valence-corrected chi connectivity index (χ2v) is 9.70. The molecule has 2 aromatic heterocycles. The first-order chi connectivity index (χ1) is 19.4. The first-order valence-corrected chi connectivity index (χ1v) is 12.9. The van der Waals surface area contributed by atoms with Gasteiger partial charge in [-0.3, -0.25) is 4.99 Å². The number of fused-ring (bicyclic) bond motifs is 2. The summed E-state index contributed by atoms with van der Waals surface area (Å²) < 4.78 is 4.11. The van der Waals surface area contributed by atoms with Gasteiger partial charge in [-0.1, -0.05) is 30.3 Å². The van der Waals surface area contributed by atoms with E-state index in [9.17, 15) is 5.11 Å². The number of nitrogens with two attached hydrogens (primary N) is 1. The predicted octanol–water partition coefficient (Wildman–Crippen LogP) is 6.00. The molecule has 0 unspecified atom stereocenters. The normalized spacial score (nSPS) is 11.7. The minimum atomic E-state index is -0.298. The Morgan fingerprint density at radius 2 is 1.38 bits per heavy atom. The summed E-state index contributed by atoms with van der Waals surface area (Å²) in [6, 6.07) is 32.7. The first kappa shape index (κ1) is 30.1. The Hall–Kier alpha value is -4.85. The molecule has 6 aromatic rings. The zero-order valence-corrected chi connectivity index (χ0v) is 24.7. The highest BCUT2D eigenvalue weighted by molar-refractivity contribution is 5.95. The van der Waals surface area contributed by atoms with Gasteiger partial charge in [0.25, 0.3) is 0 Å². The van der Waals surface area contributed by atoms with Crippen molar-refractivity contribution in [3.63, 3.8) is 0 Å². The van der Waals surface area contributed by atoms with Gasteiger partial charge in [-0.25, -0.2) is 9.56 Å². The van der Waals surface area contributed by atoms with Gasteiger partial charge in [0, 0.05) is 41.3 Å². The summed E-state index contributed by atoms with van der Waals surface area (Å²) in [7, 11) is 4.01. The number of nitrogens with zero attached hydrogens (tertiary/aromatic N) is 4. The van der Waals surface area contributed by atoms with Crippen LogP contribution in [0.2, 0.25) is 0 Å². The summed E-state index contributed by atoms with van der Waals surface area (Å²) in [4.78, 5) is 9.31. The van der Waals surface area contributed by atoms with E-state index in [2.05, 4.69) is 27.0 Å². The van der Waals surface area contributed by atoms with Crippen LogP contribution in [0.25, 0.3) is 21.8 Å². The molecule has 0 aliphatic heterocycles. The Labute approximate surface area is 256 Å². The molecular formula is C33H30Cl2N6O. The lowest BCUT2D eigenvalue weighted by atomic mass is 10.1. The van der Waals surface area contributed by atoms with E-state index in [-0.39, 0.29) is 30.7 Å². The van der Waals surface area contributed by atoms with Crippen LogP contribution in [-0.2, 0) is 14.1 Å². The third kappa shape index (κ3) is 6.22. The third-order valence-corrected chi connectivity index (χ3v) is 6.88. The van der Waals surface area contributed by atoms with Gasteiger partial charge in [-0.2, -0.15) is 0 Å². The molecule has 0 radical (unpaired) electrons. The van der Waals surface area contributed by atoms with Gasteiger partial charge in [0.1, 0.15) is 7.05 Å². The lowest BCUT2D eigenvalue weighted by Gasteiger charge is -2.13. The largest absolute Gasteiger partial charge is 0.858 e. The fourth-order valence-corrected chi connectivity index (χ4v) is 4.75. The summed E-state index contributed by atoms with van der Waals surface area (Å²) in [5.74, 6) is -0.298. The van der Waals surface area contributed by atoms with Crippen molar-refractivity contribution in [2.45, 2.75) is 0 Å². The third-order valence-electron chi connectivity index (χ3n) is 6.88. The molecular weight excluding hydrogens is 567 g/mol. The number of nitrogens with one attached hydrogen (secondary N) is 1. The van der Waals surface area contributed by atoms with Crippen LogP contribution in [0.4, 0.5) is 28.4 Å². The average Bonchev–Trinajstić information content (AvgIpc) is 2.98. The number of hydrogen-bond acceptors (Lipinski definition) is 5. The van der Waals surface area contributed by atoms with Gasteiger partial charge in [-0.15, -0.1) is 24.8 Å².